The first-order chi connectivity index (χ1) is 8.42. The molecule has 1 rings (SSSR count). The topological polar surface area (TPSA) is 42.4 Å². The lowest BCUT2D eigenvalue weighted by atomic mass is 10.3. The SMILES string of the molecule is CCN(Cc1ccccn1)C(=O)OCC(F)(F)F. The number of halogens is 3. The number of carbonyl (C=O) groups is 1. The van der Waals surface area contributed by atoms with Crippen LogP contribution in [0.25, 0.3) is 0 Å². The number of hydrogen-bond acceptors (Lipinski definition) is 3. The van der Waals surface area contributed by atoms with Crippen LogP contribution in [0.3, 0.4) is 0 Å². The standard InChI is InChI=1S/C11H13F3N2O2/c1-2-16(7-9-5-3-4-6-15-9)10(17)18-8-11(12,13)14/h3-6H,2,7-8H2,1H3. The summed E-state index contributed by atoms with van der Waals surface area (Å²) in [5.41, 5.74) is 0.586. The van der Waals surface area contributed by atoms with Crippen LogP contribution in [0.5, 0.6) is 0 Å². The molecule has 0 radical (unpaired) electrons. The Morgan fingerprint density at radius 1 is 1.44 bits per heavy atom. The van der Waals surface area contributed by atoms with Crippen molar-refractivity contribution in [2.45, 2.75) is 19.6 Å². The van der Waals surface area contributed by atoms with Gasteiger partial charge in [0, 0.05) is 12.7 Å². The van der Waals surface area contributed by atoms with E-state index in [-0.39, 0.29) is 13.1 Å². The second-order valence-corrected chi connectivity index (χ2v) is 3.51. The van der Waals surface area contributed by atoms with Gasteiger partial charge in [0.15, 0.2) is 6.61 Å². The first-order valence-electron chi connectivity index (χ1n) is 5.30. The Kier molecular flexibility index (Phi) is 4.94. The molecule has 1 aromatic heterocycles. The average Bonchev–Trinajstić information content (AvgIpc) is 2.33. The molecule has 18 heavy (non-hydrogen) atoms. The van der Waals surface area contributed by atoms with Gasteiger partial charge in [0.25, 0.3) is 0 Å². The van der Waals surface area contributed by atoms with Crippen LogP contribution in [0.1, 0.15) is 12.6 Å². The highest BCUT2D eigenvalue weighted by Crippen LogP contribution is 2.15. The van der Waals surface area contributed by atoms with Crippen LogP contribution >= 0.6 is 0 Å². The van der Waals surface area contributed by atoms with Gasteiger partial charge in [0.05, 0.1) is 12.2 Å². The first-order valence-corrected chi connectivity index (χ1v) is 5.30. The van der Waals surface area contributed by atoms with Gasteiger partial charge in [0.2, 0.25) is 0 Å². The molecule has 0 aliphatic heterocycles. The van der Waals surface area contributed by atoms with Gasteiger partial charge >= 0.3 is 12.3 Å². The Morgan fingerprint density at radius 2 is 2.17 bits per heavy atom. The van der Waals surface area contributed by atoms with E-state index in [9.17, 15) is 18.0 Å². The number of rotatable bonds is 4. The summed E-state index contributed by atoms with van der Waals surface area (Å²) >= 11 is 0. The quantitative estimate of drug-likeness (QED) is 0.837. The highest BCUT2D eigenvalue weighted by Gasteiger charge is 2.30. The Hall–Kier alpha value is -1.79. The highest BCUT2D eigenvalue weighted by molar-refractivity contribution is 5.67. The third-order valence-corrected chi connectivity index (χ3v) is 2.08. The summed E-state index contributed by atoms with van der Waals surface area (Å²) in [4.78, 5) is 16.5. The van der Waals surface area contributed by atoms with Crippen molar-refractivity contribution >= 4 is 6.09 Å². The molecule has 0 aliphatic rings. The van der Waals surface area contributed by atoms with E-state index in [0.29, 0.717) is 5.69 Å². The van der Waals surface area contributed by atoms with E-state index in [2.05, 4.69) is 9.72 Å². The lowest BCUT2D eigenvalue weighted by molar-refractivity contribution is -0.162. The van der Waals surface area contributed by atoms with Crippen LogP contribution < -0.4 is 0 Å². The largest absolute Gasteiger partial charge is 0.440 e. The Morgan fingerprint density at radius 3 is 2.67 bits per heavy atom. The second-order valence-electron chi connectivity index (χ2n) is 3.51. The van der Waals surface area contributed by atoms with Gasteiger partial charge in [-0.3, -0.25) is 4.98 Å². The van der Waals surface area contributed by atoms with Crippen LogP contribution in [0.15, 0.2) is 24.4 Å². The van der Waals surface area contributed by atoms with Gasteiger partial charge in [0.1, 0.15) is 0 Å². The predicted octanol–water partition coefficient (Wildman–Crippen LogP) is 2.60. The van der Waals surface area contributed by atoms with Crippen molar-refractivity contribution in [2.75, 3.05) is 13.2 Å². The van der Waals surface area contributed by atoms with Gasteiger partial charge in [-0.1, -0.05) is 6.07 Å². The van der Waals surface area contributed by atoms with Crippen molar-refractivity contribution in [3.8, 4) is 0 Å². The van der Waals surface area contributed by atoms with Crippen molar-refractivity contribution in [2.24, 2.45) is 0 Å². The van der Waals surface area contributed by atoms with E-state index in [1.165, 1.54) is 0 Å². The molecule has 4 nitrogen and oxygen atoms in total. The molecule has 0 N–H and O–H groups in total. The minimum atomic E-state index is -4.51. The molecule has 0 atom stereocenters. The summed E-state index contributed by atoms with van der Waals surface area (Å²) < 4.78 is 39.9. The highest BCUT2D eigenvalue weighted by atomic mass is 19.4. The lowest BCUT2D eigenvalue weighted by Gasteiger charge is -2.20. The molecule has 100 valence electrons. The minimum absolute atomic E-state index is 0.119. The molecular weight excluding hydrogens is 249 g/mol. The average molecular weight is 262 g/mol. The summed E-state index contributed by atoms with van der Waals surface area (Å²) in [7, 11) is 0. The van der Waals surface area contributed by atoms with Gasteiger partial charge in [-0.2, -0.15) is 13.2 Å². The van der Waals surface area contributed by atoms with E-state index in [1.807, 2.05) is 0 Å². The molecule has 1 aromatic rings. The monoisotopic (exact) mass is 262 g/mol. The maximum atomic E-state index is 11.9. The fraction of sp³-hybridized carbons (Fsp3) is 0.455. The molecule has 0 aromatic carbocycles. The maximum Gasteiger partial charge on any atom is 0.422 e. The molecule has 0 fully saturated rings. The van der Waals surface area contributed by atoms with E-state index >= 15 is 0 Å². The molecule has 0 bridgehead atoms. The van der Waals surface area contributed by atoms with E-state index in [4.69, 9.17) is 0 Å². The number of ether oxygens (including phenoxy) is 1. The number of alkyl halides is 3. The maximum absolute atomic E-state index is 11.9. The molecule has 1 heterocycles. The third-order valence-electron chi connectivity index (χ3n) is 2.08. The van der Waals surface area contributed by atoms with Crippen molar-refractivity contribution in [1.82, 2.24) is 9.88 Å². The second kappa shape index (κ2) is 6.23. The fourth-order valence-electron chi connectivity index (χ4n) is 1.23. The lowest BCUT2D eigenvalue weighted by Crippen LogP contribution is -2.33. The first kappa shape index (κ1) is 14.3. The number of pyridine rings is 1. The van der Waals surface area contributed by atoms with Crippen LogP contribution in [0.4, 0.5) is 18.0 Å². The van der Waals surface area contributed by atoms with E-state index < -0.39 is 18.9 Å². The molecule has 7 heteroatoms. The Balaban J connectivity index is 2.53. The number of hydrogen-bond donors (Lipinski definition) is 0. The van der Waals surface area contributed by atoms with Crippen molar-refractivity contribution in [3.63, 3.8) is 0 Å². The Labute approximate surface area is 102 Å². The number of aromatic nitrogens is 1. The molecular formula is C11H13F3N2O2. The predicted molar refractivity (Wildman–Crippen MR) is 57.7 cm³/mol. The summed E-state index contributed by atoms with van der Waals surface area (Å²) in [6, 6.07) is 5.12. The summed E-state index contributed by atoms with van der Waals surface area (Å²) in [6.07, 6.45) is -3.97. The van der Waals surface area contributed by atoms with Crippen molar-refractivity contribution in [3.05, 3.63) is 30.1 Å². The molecule has 0 saturated heterocycles. The summed E-state index contributed by atoms with van der Waals surface area (Å²) in [5, 5.41) is 0. The van der Waals surface area contributed by atoms with E-state index in [0.717, 1.165) is 4.90 Å². The van der Waals surface area contributed by atoms with Crippen LogP contribution in [-0.2, 0) is 11.3 Å². The van der Waals surface area contributed by atoms with Crippen LogP contribution in [0.2, 0.25) is 0 Å². The van der Waals surface area contributed by atoms with Crippen molar-refractivity contribution < 1.29 is 22.7 Å². The van der Waals surface area contributed by atoms with Gasteiger partial charge in [-0.15, -0.1) is 0 Å². The zero-order valence-electron chi connectivity index (χ0n) is 9.78. The fourth-order valence-corrected chi connectivity index (χ4v) is 1.23. The molecule has 1 amide bonds. The minimum Gasteiger partial charge on any atom is -0.440 e. The van der Waals surface area contributed by atoms with E-state index in [1.54, 1.807) is 31.3 Å². The van der Waals surface area contributed by atoms with Crippen LogP contribution in [0, 0.1) is 0 Å². The van der Waals surface area contributed by atoms with Crippen LogP contribution in [-0.4, -0.2) is 35.3 Å². The molecule has 0 saturated carbocycles. The molecule has 0 aliphatic carbocycles. The van der Waals surface area contributed by atoms with Crippen molar-refractivity contribution in [1.29, 1.82) is 0 Å². The van der Waals surface area contributed by atoms with Gasteiger partial charge in [-0.25, -0.2) is 4.79 Å². The summed E-state index contributed by atoms with van der Waals surface area (Å²) in [6.45, 7) is 0.434. The number of carbonyl (C=O) groups excluding carboxylic acids is 1. The normalized spacial score (nSPS) is 11.1. The number of nitrogens with zero attached hydrogens (tertiary/aromatic N) is 2. The summed E-state index contributed by atoms with van der Waals surface area (Å²) in [5.74, 6) is 0. The van der Waals surface area contributed by atoms with Gasteiger partial charge in [-0.05, 0) is 19.1 Å². The van der Waals surface area contributed by atoms with Gasteiger partial charge < -0.3 is 9.64 Å². The third kappa shape index (κ3) is 5.03. The Bertz CT molecular complexity index is 382. The molecule has 0 spiro atoms. The zero-order chi connectivity index (χ0) is 13.6. The molecule has 0 unspecified atom stereocenters. The zero-order valence-corrected chi connectivity index (χ0v) is 9.78. The number of amides is 1. The smallest absolute Gasteiger partial charge is 0.422 e.